The van der Waals surface area contributed by atoms with Crippen LogP contribution < -0.4 is 0 Å². The predicted molar refractivity (Wildman–Crippen MR) is 86.8 cm³/mol. The molecule has 0 aromatic rings. The van der Waals surface area contributed by atoms with E-state index in [0.29, 0.717) is 16.7 Å². The van der Waals surface area contributed by atoms with Crippen molar-refractivity contribution in [3.63, 3.8) is 0 Å². The Bertz CT molecular complexity index is 496. The molecule has 0 unspecified atom stereocenters. The second kappa shape index (κ2) is 4.97. The van der Waals surface area contributed by atoms with Crippen molar-refractivity contribution in [3.05, 3.63) is 0 Å². The summed E-state index contributed by atoms with van der Waals surface area (Å²) in [4.78, 5) is 0. The quantitative estimate of drug-likeness (QED) is 0.714. The Hall–Kier alpha value is -0.550. The summed E-state index contributed by atoms with van der Waals surface area (Å²) in [6.07, 6.45) is 10.9. The lowest BCUT2D eigenvalue weighted by Crippen LogP contribution is -2.53. The van der Waals surface area contributed by atoms with Crippen molar-refractivity contribution in [2.75, 3.05) is 0 Å². The summed E-state index contributed by atoms with van der Waals surface area (Å²) < 4.78 is 0. The average molecular weight is 301 g/mol. The summed E-state index contributed by atoms with van der Waals surface area (Å²) in [5, 5.41) is 19.6. The van der Waals surface area contributed by atoms with Crippen LogP contribution in [0.25, 0.3) is 0 Å². The van der Waals surface area contributed by atoms with Gasteiger partial charge >= 0.3 is 0 Å². The third kappa shape index (κ3) is 1.87. The molecule has 4 saturated carbocycles. The van der Waals surface area contributed by atoms with E-state index in [2.05, 4.69) is 19.9 Å². The maximum absolute atomic E-state index is 10.1. The fourth-order valence-corrected chi connectivity index (χ4v) is 7.45. The molecule has 2 heteroatoms. The highest BCUT2D eigenvalue weighted by Gasteiger charge is 2.60. The van der Waals surface area contributed by atoms with Gasteiger partial charge in [0.1, 0.15) is 0 Å². The molecular weight excluding hydrogens is 270 g/mol. The Morgan fingerprint density at radius 3 is 2.41 bits per heavy atom. The van der Waals surface area contributed by atoms with Crippen LogP contribution in [-0.2, 0) is 0 Å². The molecule has 0 saturated heterocycles. The van der Waals surface area contributed by atoms with E-state index in [0.717, 1.165) is 42.9 Å². The van der Waals surface area contributed by atoms with Crippen LogP contribution in [0.4, 0.5) is 0 Å². The fourth-order valence-electron chi connectivity index (χ4n) is 7.45. The van der Waals surface area contributed by atoms with Crippen molar-refractivity contribution < 1.29 is 5.11 Å². The Balaban J connectivity index is 1.62. The standard InChI is InChI=1S/C20H31NO/c1-19-9-7-15(22)11-13(19)3-5-16-17-6-4-14(12-21)20(17,2)10-8-18(16)19/h13-18,22H,3-11H2,1-2H3/t13-,14-,15-,16+,17+,18+,19+,20-/m1/s1. The third-order valence-corrected chi connectivity index (χ3v) is 8.79. The van der Waals surface area contributed by atoms with Gasteiger partial charge in [0.15, 0.2) is 0 Å². The predicted octanol–water partition coefficient (Wildman–Crippen LogP) is 4.53. The van der Waals surface area contributed by atoms with Crippen LogP contribution in [0.5, 0.6) is 0 Å². The van der Waals surface area contributed by atoms with E-state index in [9.17, 15) is 10.4 Å². The molecule has 0 aromatic heterocycles. The van der Waals surface area contributed by atoms with Gasteiger partial charge in [-0.25, -0.2) is 0 Å². The maximum atomic E-state index is 10.1. The molecule has 1 N–H and O–H groups in total. The van der Waals surface area contributed by atoms with Crippen molar-refractivity contribution in [2.24, 2.45) is 40.4 Å². The van der Waals surface area contributed by atoms with Crippen LogP contribution in [0.3, 0.4) is 0 Å². The molecule has 0 amide bonds. The van der Waals surface area contributed by atoms with Gasteiger partial charge in [-0.2, -0.15) is 5.26 Å². The molecule has 0 spiro atoms. The lowest BCUT2D eigenvalue weighted by atomic mass is 9.45. The summed E-state index contributed by atoms with van der Waals surface area (Å²) in [6.45, 7) is 4.97. The number of aliphatic hydroxyl groups excluding tert-OH is 1. The number of hydrogen-bond donors (Lipinski definition) is 1. The van der Waals surface area contributed by atoms with Crippen molar-refractivity contribution in [1.29, 1.82) is 5.26 Å². The molecule has 0 bridgehead atoms. The van der Waals surface area contributed by atoms with E-state index in [4.69, 9.17) is 0 Å². The van der Waals surface area contributed by atoms with Crippen molar-refractivity contribution in [1.82, 2.24) is 0 Å². The summed E-state index contributed by atoms with van der Waals surface area (Å²) >= 11 is 0. The zero-order chi connectivity index (χ0) is 15.5. The van der Waals surface area contributed by atoms with Crippen LogP contribution >= 0.6 is 0 Å². The van der Waals surface area contributed by atoms with E-state index in [-0.39, 0.29) is 6.10 Å². The van der Waals surface area contributed by atoms with Crippen LogP contribution in [0, 0.1) is 51.8 Å². The van der Waals surface area contributed by atoms with Gasteiger partial charge in [0.2, 0.25) is 0 Å². The first-order chi connectivity index (χ1) is 10.5. The van der Waals surface area contributed by atoms with Gasteiger partial charge < -0.3 is 5.11 Å². The van der Waals surface area contributed by atoms with Crippen LogP contribution in [-0.4, -0.2) is 11.2 Å². The Labute approximate surface area is 135 Å². The monoisotopic (exact) mass is 301 g/mol. The second-order valence-electron chi connectivity index (χ2n) is 9.39. The van der Waals surface area contributed by atoms with Gasteiger partial charge in [0, 0.05) is 0 Å². The molecule has 0 aliphatic heterocycles. The zero-order valence-electron chi connectivity index (χ0n) is 14.2. The number of nitrogens with zero attached hydrogens (tertiary/aromatic N) is 1. The minimum Gasteiger partial charge on any atom is -0.393 e. The number of aliphatic hydroxyl groups is 1. The first kappa shape index (κ1) is 15.0. The number of fused-ring (bicyclic) bond motifs is 5. The SMILES string of the molecule is C[C@]12CC[C@@H](O)C[C@H]1CC[C@@H]1[C@@H]2CC[C@]2(C)[C@@H](C#N)CC[C@@H]12. The van der Waals surface area contributed by atoms with Gasteiger partial charge in [-0.05, 0) is 92.3 Å². The van der Waals surface area contributed by atoms with Crippen molar-refractivity contribution >= 4 is 0 Å². The third-order valence-electron chi connectivity index (χ3n) is 8.79. The van der Waals surface area contributed by atoms with Crippen LogP contribution in [0.2, 0.25) is 0 Å². The minimum absolute atomic E-state index is 0.0436. The van der Waals surface area contributed by atoms with Gasteiger partial charge in [-0.15, -0.1) is 0 Å². The van der Waals surface area contributed by atoms with E-state index in [1.165, 1.54) is 38.5 Å². The van der Waals surface area contributed by atoms with Crippen molar-refractivity contribution in [2.45, 2.75) is 77.7 Å². The Morgan fingerprint density at radius 2 is 1.64 bits per heavy atom. The molecule has 4 aliphatic carbocycles. The van der Waals surface area contributed by atoms with Crippen LogP contribution in [0.15, 0.2) is 0 Å². The van der Waals surface area contributed by atoms with E-state index in [1.54, 1.807) is 0 Å². The molecule has 22 heavy (non-hydrogen) atoms. The highest BCUT2D eigenvalue weighted by Crippen LogP contribution is 2.67. The molecule has 4 aliphatic rings. The van der Waals surface area contributed by atoms with Gasteiger partial charge in [-0.1, -0.05) is 13.8 Å². The lowest BCUT2D eigenvalue weighted by molar-refractivity contribution is -0.124. The first-order valence-electron chi connectivity index (χ1n) is 9.56. The topological polar surface area (TPSA) is 44.0 Å². The average Bonchev–Trinajstić information content (AvgIpc) is 2.84. The Kier molecular flexibility index (Phi) is 3.39. The second-order valence-corrected chi connectivity index (χ2v) is 9.39. The smallest absolute Gasteiger partial charge is 0.0661 e. The molecule has 0 heterocycles. The molecule has 4 rings (SSSR count). The molecule has 122 valence electrons. The highest BCUT2D eigenvalue weighted by molar-refractivity contribution is 5.12. The summed E-state index contributed by atoms with van der Waals surface area (Å²) in [6, 6.07) is 2.64. The zero-order valence-corrected chi connectivity index (χ0v) is 14.2. The van der Waals surface area contributed by atoms with E-state index >= 15 is 0 Å². The Morgan fingerprint density at radius 1 is 0.909 bits per heavy atom. The number of nitriles is 1. The molecule has 0 aromatic carbocycles. The number of hydrogen-bond acceptors (Lipinski definition) is 2. The van der Waals surface area contributed by atoms with Crippen molar-refractivity contribution in [3.8, 4) is 6.07 Å². The molecule has 8 atom stereocenters. The molecule has 2 nitrogen and oxygen atoms in total. The molecule has 0 radical (unpaired) electrons. The lowest BCUT2D eigenvalue weighted by Gasteiger charge is -2.60. The normalized spacial score (nSPS) is 57.4. The molecule has 4 fully saturated rings. The highest BCUT2D eigenvalue weighted by atomic mass is 16.3. The van der Waals surface area contributed by atoms with Crippen LogP contribution in [0.1, 0.15) is 71.6 Å². The molecular formula is C20H31NO. The van der Waals surface area contributed by atoms with Gasteiger partial charge in [0.05, 0.1) is 18.1 Å². The van der Waals surface area contributed by atoms with Gasteiger partial charge in [0.25, 0.3) is 0 Å². The van der Waals surface area contributed by atoms with Gasteiger partial charge in [-0.3, -0.25) is 0 Å². The summed E-state index contributed by atoms with van der Waals surface area (Å²) in [5.74, 6) is 3.55. The van der Waals surface area contributed by atoms with E-state index in [1.807, 2.05) is 0 Å². The summed E-state index contributed by atoms with van der Waals surface area (Å²) in [7, 11) is 0. The largest absolute Gasteiger partial charge is 0.393 e. The number of rotatable bonds is 0. The van der Waals surface area contributed by atoms with E-state index < -0.39 is 0 Å². The fraction of sp³-hybridized carbons (Fsp3) is 0.950. The first-order valence-corrected chi connectivity index (χ1v) is 9.56. The summed E-state index contributed by atoms with van der Waals surface area (Å²) in [5.41, 5.74) is 0.765. The maximum Gasteiger partial charge on any atom is 0.0661 e. The minimum atomic E-state index is -0.0436.